The van der Waals surface area contributed by atoms with Crippen LogP contribution in [-0.4, -0.2) is 36.1 Å². The minimum atomic E-state index is -0.585. The summed E-state index contributed by atoms with van der Waals surface area (Å²) in [5.74, 6) is -0.281. The molecule has 1 heterocycles. The molecule has 2 amide bonds. The summed E-state index contributed by atoms with van der Waals surface area (Å²) in [6, 6.07) is 3.36. The fraction of sp³-hybridized carbons (Fsp3) is 0.550. The predicted octanol–water partition coefficient (Wildman–Crippen LogP) is 2.02. The van der Waals surface area contributed by atoms with Crippen molar-refractivity contribution in [1.29, 1.82) is 0 Å². The molecule has 1 aliphatic carbocycles. The third kappa shape index (κ3) is 3.80. The van der Waals surface area contributed by atoms with Crippen LogP contribution in [0.4, 0.5) is 0 Å². The van der Waals surface area contributed by atoms with E-state index in [1.54, 1.807) is 11.9 Å². The fourth-order valence-corrected chi connectivity index (χ4v) is 3.29. The number of nitrogens with one attached hydrogen (secondary N) is 1. The van der Waals surface area contributed by atoms with E-state index < -0.39 is 6.04 Å². The number of hydrogen-bond acceptors (Lipinski definition) is 4. The number of amides is 2. The molecule has 1 unspecified atom stereocenters. The van der Waals surface area contributed by atoms with Gasteiger partial charge in [-0.3, -0.25) is 9.59 Å². The van der Waals surface area contributed by atoms with Gasteiger partial charge in [0, 0.05) is 31.1 Å². The molecular weight excluding hydrogens is 330 g/mol. The monoisotopic (exact) mass is 359 g/mol. The highest BCUT2D eigenvalue weighted by Crippen LogP contribution is 2.44. The van der Waals surface area contributed by atoms with Gasteiger partial charge in [0.1, 0.15) is 6.29 Å². The molecule has 1 aliphatic heterocycles. The fourth-order valence-electron chi connectivity index (χ4n) is 3.29. The highest BCUT2D eigenvalue weighted by Gasteiger charge is 2.42. The molecular formula is C20H29N3O3. The van der Waals surface area contributed by atoms with Crippen molar-refractivity contribution in [2.75, 3.05) is 7.05 Å². The van der Waals surface area contributed by atoms with Crippen molar-refractivity contribution in [3.05, 3.63) is 34.4 Å². The first-order valence-electron chi connectivity index (χ1n) is 9.29. The van der Waals surface area contributed by atoms with Crippen LogP contribution >= 0.6 is 0 Å². The van der Waals surface area contributed by atoms with Crippen LogP contribution in [0.25, 0.3) is 0 Å². The number of aryl methyl sites for hydroxylation is 1. The molecule has 2 aliphatic rings. The first-order chi connectivity index (χ1) is 12.4. The van der Waals surface area contributed by atoms with E-state index in [1.807, 2.05) is 26.8 Å². The van der Waals surface area contributed by atoms with Gasteiger partial charge in [0.15, 0.2) is 0 Å². The highest BCUT2D eigenvalue weighted by molar-refractivity contribution is 6.00. The molecule has 0 saturated heterocycles. The Morgan fingerprint density at radius 1 is 1.38 bits per heavy atom. The second kappa shape index (κ2) is 7.99. The van der Waals surface area contributed by atoms with E-state index in [4.69, 9.17) is 5.73 Å². The number of rotatable bonds is 6. The molecule has 1 saturated carbocycles. The van der Waals surface area contributed by atoms with Crippen LogP contribution in [0, 0.1) is 6.92 Å². The summed E-state index contributed by atoms with van der Waals surface area (Å²) in [5, 5.41) is 2.53. The van der Waals surface area contributed by atoms with E-state index in [9.17, 15) is 14.4 Å². The van der Waals surface area contributed by atoms with Crippen molar-refractivity contribution in [2.24, 2.45) is 5.73 Å². The minimum absolute atomic E-state index is 0.136. The second-order valence-electron chi connectivity index (χ2n) is 6.82. The molecule has 6 heteroatoms. The Kier molecular flexibility index (Phi) is 6.18. The number of benzene rings is 1. The lowest BCUT2D eigenvalue weighted by Crippen LogP contribution is -2.37. The number of nitrogens with zero attached hydrogens (tertiary/aromatic N) is 1. The molecule has 6 nitrogen and oxygen atoms in total. The molecule has 0 aromatic heterocycles. The number of hydrogen-bond donors (Lipinski definition) is 2. The van der Waals surface area contributed by atoms with Crippen LogP contribution in [0.3, 0.4) is 0 Å². The number of carbonyl (C=O) groups is 3. The third-order valence-electron chi connectivity index (χ3n) is 5.16. The van der Waals surface area contributed by atoms with E-state index in [-0.39, 0.29) is 23.8 Å². The Hall–Kier alpha value is -2.21. The van der Waals surface area contributed by atoms with E-state index in [1.165, 1.54) is 0 Å². The summed E-state index contributed by atoms with van der Waals surface area (Å²) >= 11 is 0. The van der Waals surface area contributed by atoms with Crippen LogP contribution in [0.5, 0.6) is 0 Å². The topological polar surface area (TPSA) is 92.5 Å². The van der Waals surface area contributed by atoms with Crippen LogP contribution in [0.1, 0.15) is 66.6 Å². The number of carbonyl (C=O) groups excluding carboxylic acids is 3. The van der Waals surface area contributed by atoms with Crippen molar-refractivity contribution < 1.29 is 14.4 Å². The Labute approximate surface area is 155 Å². The van der Waals surface area contributed by atoms with Gasteiger partial charge in [-0.2, -0.15) is 0 Å². The van der Waals surface area contributed by atoms with Crippen LogP contribution in [0.2, 0.25) is 0 Å². The molecule has 1 aromatic rings. The lowest BCUT2D eigenvalue weighted by molar-refractivity contribution is -0.121. The summed E-state index contributed by atoms with van der Waals surface area (Å²) in [6.07, 6.45) is 3.18. The van der Waals surface area contributed by atoms with Crippen LogP contribution in [-0.2, 0) is 21.7 Å². The molecule has 0 bridgehead atoms. The van der Waals surface area contributed by atoms with E-state index >= 15 is 0 Å². The SMILES string of the molecule is CC.CNC(=O)CCC(C=O)N1Cc2c(C)cc(C3(N)CC3)cc2C1=O. The lowest BCUT2D eigenvalue weighted by atomic mass is 9.96. The highest BCUT2D eigenvalue weighted by atomic mass is 16.2. The molecule has 1 fully saturated rings. The molecule has 1 aromatic carbocycles. The Morgan fingerprint density at radius 3 is 2.58 bits per heavy atom. The maximum atomic E-state index is 12.8. The van der Waals surface area contributed by atoms with Gasteiger partial charge in [-0.05, 0) is 48.9 Å². The van der Waals surface area contributed by atoms with Gasteiger partial charge in [0.25, 0.3) is 5.91 Å². The van der Waals surface area contributed by atoms with Crippen molar-refractivity contribution >= 4 is 18.1 Å². The minimum Gasteiger partial charge on any atom is -0.359 e. The predicted molar refractivity (Wildman–Crippen MR) is 101 cm³/mol. The zero-order valence-electron chi connectivity index (χ0n) is 16.1. The zero-order valence-corrected chi connectivity index (χ0v) is 16.1. The van der Waals surface area contributed by atoms with E-state index in [0.29, 0.717) is 18.5 Å². The van der Waals surface area contributed by atoms with Gasteiger partial charge in [0.05, 0.1) is 6.04 Å². The van der Waals surface area contributed by atoms with Crippen LogP contribution in [0.15, 0.2) is 12.1 Å². The summed E-state index contributed by atoms with van der Waals surface area (Å²) in [7, 11) is 1.56. The molecule has 26 heavy (non-hydrogen) atoms. The average Bonchev–Trinajstić information content (AvgIpc) is 3.32. The summed E-state index contributed by atoms with van der Waals surface area (Å²) in [4.78, 5) is 37.2. The van der Waals surface area contributed by atoms with Gasteiger partial charge in [0.2, 0.25) is 5.91 Å². The van der Waals surface area contributed by atoms with Gasteiger partial charge >= 0.3 is 0 Å². The Morgan fingerprint density at radius 2 is 2.04 bits per heavy atom. The van der Waals surface area contributed by atoms with Crippen molar-refractivity contribution in [3.63, 3.8) is 0 Å². The van der Waals surface area contributed by atoms with Gasteiger partial charge < -0.3 is 20.7 Å². The maximum Gasteiger partial charge on any atom is 0.255 e. The number of aldehydes is 1. The zero-order chi connectivity index (χ0) is 19.5. The van der Waals surface area contributed by atoms with Crippen molar-refractivity contribution in [2.45, 2.75) is 64.6 Å². The van der Waals surface area contributed by atoms with Crippen molar-refractivity contribution in [1.82, 2.24) is 10.2 Å². The number of fused-ring (bicyclic) bond motifs is 1. The molecule has 0 radical (unpaired) electrons. The molecule has 142 valence electrons. The average molecular weight is 359 g/mol. The number of nitrogens with two attached hydrogens (primary N) is 1. The van der Waals surface area contributed by atoms with Crippen LogP contribution < -0.4 is 11.1 Å². The van der Waals surface area contributed by atoms with Gasteiger partial charge in [-0.1, -0.05) is 19.9 Å². The van der Waals surface area contributed by atoms with Crippen molar-refractivity contribution in [3.8, 4) is 0 Å². The first-order valence-corrected chi connectivity index (χ1v) is 9.29. The summed E-state index contributed by atoms with van der Waals surface area (Å²) < 4.78 is 0. The van der Waals surface area contributed by atoms with E-state index in [0.717, 1.165) is 35.8 Å². The summed E-state index contributed by atoms with van der Waals surface area (Å²) in [5.41, 5.74) is 9.61. The third-order valence-corrected chi connectivity index (χ3v) is 5.16. The maximum absolute atomic E-state index is 12.8. The molecule has 3 N–H and O–H groups in total. The second-order valence-corrected chi connectivity index (χ2v) is 6.82. The lowest BCUT2D eigenvalue weighted by Gasteiger charge is -2.22. The smallest absolute Gasteiger partial charge is 0.255 e. The largest absolute Gasteiger partial charge is 0.359 e. The van der Waals surface area contributed by atoms with Gasteiger partial charge in [-0.25, -0.2) is 0 Å². The normalized spacial score (nSPS) is 17.7. The Bertz CT molecular complexity index is 710. The summed E-state index contributed by atoms with van der Waals surface area (Å²) in [6.45, 7) is 6.39. The molecule has 0 spiro atoms. The van der Waals surface area contributed by atoms with Gasteiger partial charge in [-0.15, -0.1) is 0 Å². The molecule has 3 rings (SSSR count). The quantitative estimate of drug-likeness (QED) is 0.760. The standard InChI is InChI=1S/C18H23N3O3.C2H6/c1-11-7-12(18(19)5-6-18)8-14-15(11)9-21(17(14)24)13(10-22)3-4-16(23)20-2;1-2/h7-8,10,13H,3-6,9,19H2,1-2H3,(H,20,23);1-2H3. The first kappa shape index (κ1) is 20.1. The molecule has 1 atom stereocenters. The van der Waals surface area contributed by atoms with E-state index in [2.05, 4.69) is 11.4 Å². The Balaban J connectivity index is 0.00000117.